The zero-order valence-corrected chi connectivity index (χ0v) is 21.8. The summed E-state index contributed by atoms with van der Waals surface area (Å²) in [5.74, 6) is 1.89. The van der Waals surface area contributed by atoms with Crippen LogP contribution in [-0.2, 0) is 4.74 Å². The van der Waals surface area contributed by atoms with Gasteiger partial charge in [-0.2, -0.15) is 14.5 Å². The highest BCUT2D eigenvalue weighted by molar-refractivity contribution is 6.31. The van der Waals surface area contributed by atoms with Crippen LogP contribution in [0.5, 0.6) is 5.75 Å². The van der Waals surface area contributed by atoms with Crippen LogP contribution in [0.25, 0.3) is 16.9 Å². The predicted octanol–water partition coefficient (Wildman–Crippen LogP) is 4.52. The summed E-state index contributed by atoms with van der Waals surface area (Å²) in [7, 11) is 1.78. The summed E-state index contributed by atoms with van der Waals surface area (Å²) in [5.41, 5.74) is 3.94. The first-order valence-electron chi connectivity index (χ1n) is 12.5. The summed E-state index contributed by atoms with van der Waals surface area (Å²) in [5, 5.41) is 11.3. The molecule has 1 aromatic carbocycles. The highest BCUT2D eigenvalue weighted by Crippen LogP contribution is 2.43. The molecule has 0 unspecified atom stereocenters. The SMILES string of the molecule is CNC[C@@H](COc1cc(Cl)cc(-c2cc(N3CC4(CCOCC4)C3)n3ncc(C(C)C)c3n2)c1)N=O. The second-order valence-corrected chi connectivity index (χ2v) is 10.7. The van der Waals surface area contributed by atoms with Crippen molar-refractivity contribution in [1.82, 2.24) is 19.9 Å². The third kappa shape index (κ3) is 4.92. The smallest absolute Gasteiger partial charge is 0.161 e. The second kappa shape index (κ2) is 10.3. The molecule has 36 heavy (non-hydrogen) atoms. The van der Waals surface area contributed by atoms with Gasteiger partial charge < -0.3 is 19.7 Å². The van der Waals surface area contributed by atoms with Crippen molar-refractivity contribution in [3.63, 3.8) is 0 Å². The Balaban J connectivity index is 1.50. The second-order valence-electron chi connectivity index (χ2n) is 10.3. The number of hydrogen-bond acceptors (Lipinski definition) is 8. The normalized spacial score (nSPS) is 18.0. The van der Waals surface area contributed by atoms with Crippen LogP contribution in [0.15, 0.2) is 35.6 Å². The lowest BCUT2D eigenvalue weighted by atomic mass is 9.73. The van der Waals surface area contributed by atoms with E-state index in [-0.39, 0.29) is 12.5 Å². The molecule has 1 atom stereocenters. The molecule has 2 fully saturated rings. The monoisotopic (exact) mass is 512 g/mol. The first kappa shape index (κ1) is 24.9. The zero-order chi connectivity index (χ0) is 25.3. The van der Waals surface area contributed by atoms with Gasteiger partial charge >= 0.3 is 0 Å². The Kier molecular flexibility index (Phi) is 7.14. The van der Waals surface area contributed by atoms with Crippen molar-refractivity contribution in [2.45, 2.75) is 38.6 Å². The Morgan fingerprint density at radius 3 is 2.69 bits per heavy atom. The number of nitroso groups, excluding NO2 is 1. The van der Waals surface area contributed by atoms with Crippen LogP contribution in [-0.4, -0.2) is 67.1 Å². The van der Waals surface area contributed by atoms with Crippen molar-refractivity contribution in [3.8, 4) is 17.0 Å². The Hall–Kier alpha value is -2.75. The van der Waals surface area contributed by atoms with Crippen molar-refractivity contribution >= 4 is 23.1 Å². The van der Waals surface area contributed by atoms with E-state index in [0.29, 0.717) is 22.7 Å². The number of anilines is 1. The lowest BCUT2D eigenvalue weighted by molar-refractivity contribution is -0.000578. The Bertz CT molecular complexity index is 1230. The Morgan fingerprint density at radius 2 is 2.00 bits per heavy atom. The third-order valence-electron chi connectivity index (χ3n) is 7.23. The van der Waals surface area contributed by atoms with Gasteiger partial charge in [0, 0.05) is 60.5 Å². The van der Waals surface area contributed by atoms with Gasteiger partial charge in [0.1, 0.15) is 24.2 Å². The van der Waals surface area contributed by atoms with Gasteiger partial charge in [-0.05, 0) is 44.0 Å². The van der Waals surface area contributed by atoms with E-state index in [0.717, 1.165) is 67.4 Å². The molecule has 0 bridgehead atoms. The maximum absolute atomic E-state index is 11.1. The number of halogens is 1. The van der Waals surface area contributed by atoms with Crippen molar-refractivity contribution in [2.75, 3.05) is 51.4 Å². The lowest BCUT2D eigenvalue weighted by Crippen LogP contribution is -2.59. The van der Waals surface area contributed by atoms with Crippen molar-refractivity contribution in [3.05, 3.63) is 46.0 Å². The molecule has 2 aliphatic rings. The first-order valence-corrected chi connectivity index (χ1v) is 12.9. The maximum atomic E-state index is 11.1. The van der Waals surface area contributed by atoms with E-state index in [2.05, 4.69) is 35.3 Å². The minimum Gasteiger partial charge on any atom is -0.491 e. The van der Waals surface area contributed by atoms with Crippen LogP contribution in [0, 0.1) is 10.3 Å². The number of nitrogens with one attached hydrogen (secondary N) is 1. The highest BCUT2D eigenvalue weighted by atomic mass is 35.5. The fraction of sp³-hybridized carbons (Fsp3) is 0.538. The number of benzene rings is 1. The minimum atomic E-state index is -0.483. The summed E-state index contributed by atoms with van der Waals surface area (Å²) in [6.07, 6.45) is 4.12. The van der Waals surface area contributed by atoms with E-state index < -0.39 is 6.04 Å². The largest absolute Gasteiger partial charge is 0.491 e. The average molecular weight is 513 g/mol. The summed E-state index contributed by atoms with van der Waals surface area (Å²) >= 11 is 6.48. The molecule has 2 aliphatic heterocycles. The van der Waals surface area contributed by atoms with Gasteiger partial charge in [0.15, 0.2) is 5.65 Å². The number of nitrogens with zero attached hydrogens (tertiary/aromatic N) is 5. The number of ether oxygens (including phenoxy) is 2. The predicted molar refractivity (Wildman–Crippen MR) is 141 cm³/mol. The molecule has 10 heteroatoms. The molecule has 2 saturated heterocycles. The molecule has 1 N–H and O–H groups in total. The van der Waals surface area contributed by atoms with Gasteiger partial charge in [-0.15, -0.1) is 0 Å². The molecule has 192 valence electrons. The van der Waals surface area contributed by atoms with E-state index >= 15 is 0 Å². The molecule has 1 spiro atoms. The molecule has 4 heterocycles. The van der Waals surface area contributed by atoms with E-state index in [1.807, 2.05) is 22.8 Å². The summed E-state index contributed by atoms with van der Waals surface area (Å²) < 4.78 is 13.5. The maximum Gasteiger partial charge on any atom is 0.161 e. The van der Waals surface area contributed by atoms with Gasteiger partial charge in [0.05, 0.1) is 11.9 Å². The number of hydrogen-bond donors (Lipinski definition) is 1. The zero-order valence-electron chi connectivity index (χ0n) is 21.0. The molecular formula is C26H33ClN6O3. The van der Waals surface area contributed by atoms with Crippen LogP contribution < -0.4 is 15.0 Å². The number of fused-ring (bicyclic) bond motifs is 1. The molecule has 9 nitrogen and oxygen atoms in total. The van der Waals surface area contributed by atoms with Gasteiger partial charge in [-0.3, -0.25) is 0 Å². The molecule has 3 aromatic rings. The van der Waals surface area contributed by atoms with Gasteiger partial charge in [-0.25, -0.2) is 4.98 Å². The lowest BCUT2D eigenvalue weighted by Gasteiger charge is -2.53. The number of likely N-dealkylation sites (N-methyl/N-ethyl adjacent to an activating group) is 1. The number of aromatic nitrogens is 3. The van der Waals surface area contributed by atoms with Crippen LogP contribution in [0.3, 0.4) is 0 Å². The van der Waals surface area contributed by atoms with E-state index in [9.17, 15) is 4.91 Å². The van der Waals surface area contributed by atoms with E-state index in [4.69, 9.17) is 31.2 Å². The van der Waals surface area contributed by atoms with E-state index in [1.54, 1.807) is 13.1 Å². The standard InChI is InChI=1S/C26H33ClN6O3/c1-17(2)22-13-29-33-24(32-15-26(16-32)4-6-35-7-5-26)11-23(30-25(22)33)18-8-19(27)10-21(9-18)36-14-20(31-34)12-28-3/h8-11,13,17,20,28H,4-7,12,14-16H2,1-3H3/t20-/m0/s1. The third-order valence-corrected chi connectivity index (χ3v) is 7.45. The van der Waals surface area contributed by atoms with Crippen LogP contribution >= 0.6 is 11.6 Å². The molecule has 5 rings (SSSR count). The fourth-order valence-corrected chi connectivity index (χ4v) is 5.36. The highest BCUT2D eigenvalue weighted by Gasteiger charge is 2.44. The molecule has 0 saturated carbocycles. The van der Waals surface area contributed by atoms with E-state index in [1.165, 1.54) is 0 Å². The number of rotatable bonds is 9. The van der Waals surface area contributed by atoms with Crippen LogP contribution in [0.4, 0.5) is 5.82 Å². The molecular weight excluding hydrogens is 480 g/mol. The quantitative estimate of drug-likeness (QED) is 0.421. The van der Waals surface area contributed by atoms with Crippen molar-refractivity contribution in [1.29, 1.82) is 0 Å². The van der Waals surface area contributed by atoms with Gasteiger partial charge in [0.2, 0.25) is 0 Å². The average Bonchev–Trinajstić information content (AvgIpc) is 3.29. The molecule has 2 aromatic heterocycles. The molecule has 0 radical (unpaired) electrons. The minimum absolute atomic E-state index is 0.168. The first-order chi connectivity index (χ1) is 17.4. The molecule has 0 amide bonds. The fourth-order valence-electron chi connectivity index (χ4n) is 5.14. The Morgan fingerprint density at radius 1 is 1.22 bits per heavy atom. The van der Waals surface area contributed by atoms with Crippen molar-refractivity contribution in [2.24, 2.45) is 10.6 Å². The summed E-state index contributed by atoms with van der Waals surface area (Å²) in [6.45, 7) is 8.57. The van der Waals surface area contributed by atoms with Gasteiger partial charge in [-0.1, -0.05) is 30.6 Å². The van der Waals surface area contributed by atoms with Crippen LogP contribution in [0.2, 0.25) is 5.02 Å². The topological polar surface area (TPSA) is 93.3 Å². The Labute approximate surface area is 216 Å². The van der Waals surface area contributed by atoms with Gasteiger partial charge in [0.25, 0.3) is 0 Å². The molecule has 0 aliphatic carbocycles. The van der Waals surface area contributed by atoms with Crippen LogP contribution in [0.1, 0.15) is 38.2 Å². The van der Waals surface area contributed by atoms with Crippen molar-refractivity contribution < 1.29 is 9.47 Å². The summed E-state index contributed by atoms with van der Waals surface area (Å²) in [6, 6.07) is 7.15. The summed E-state index contributed by atoms with van der Waals surface area (Å²) in [4.78, 5) is 18.5.